The zero-order chi connectivity index (χ0) is 10.7. The maximum Gasteiger partial charge on any atom is 0.0482 e. The summed E-state index contributed by atoms with van der Waals surface area (Å²) in [6.45, 7) is 3.31. The summed E-state index contributed by atoms with van der Waals surface area (Å²) in [5.41, 5.74) is 2.74. The lowest BCUT2D eigenvalue weighted by Gasteiger charge is -2.04. The molecule has 0 spiro atoms. The maximum absolute atomic E-state index is 2.36. The van der Waals surface area contributed by atoms with Gasteiger partial charge in [0.25, 0.3) is 0 Å². The zero-order valence-electron chi connectivity index (χ0n) is 9.36. The van der Waals surface area contributed by atoms with Crippen LogP contribution in [0.5, 0.6) is 0 Å². The third kappa shape index (κ3) is 2.20. The quantitative estimate of drug-likeness (QED) is 0.710. The van der Waals surface area contributed by atoms with E-state index in [1.807, 2.05) is 11.8 Å². The molecular formula is C13H17NS. The number of fused-ring (bicyclic) bond motifs is 1. The molecule has 0 fully saturated rings. The Morgan fingerprint density at radius 3 is 2.93 bits per heavy atom. The van der Waals surface area contributed by atoms with Gasteiger partial charge in [-0.2, -0.15) is 11.8 Å². The predicted molar refractivity (Wildman–Crippen MR) is 69.7 cm³/mol. The van der Waals surface area contributed by atoms with Crippen molar-refractivity contribution in [2.75, 3.05) is 12.0 Å². The molecule has 80 valence electrons. The van der Waals surface area contributed by atoms with Crippen LogP contribution >= 0.6 is 11.8 Å². The third-order valence-electron chi connectivity index (χ3n) is 2.78. The fraction of sp³-hybridized carbons (Fsp3) is 0.385. The summed E-state index contributed by atoms with van der Waals surface area (Å²) < 4.78 is 2.36. The topological polar surface area (TPSA) is 4.93 Å². The number of benzene rings is 1. The minimum atomic E-state index is 1.13. The summed E-state index contributed by atoms with van der Waals surface area (Å²) in [5, 5.41) is 1.39. The fourth-order valence-corrected chi connectivity index (χ4v) is 2.37. The van der Waals surface area contributed by atoms with Crippen molar-refractivity contribution < 1.29 is 0 Å². The SMILES string of the molecule is CSCCCn1ccc2c(C)cccc21. The first-order valence-corrected chi connectivity index (χ1v) is 6.75. The Hall–Kier alpha value is -0.890. The van der Waals surface area contributed by atoms with Crippen molar-refractivity contribution in [3.05, 3.63) is 36.0 Å². The molecule has 0 aliphatic heterocycles. The van der Waals surface area contributed by atoms with E-state index in [4.69, 9.17) is 0 Å². The van der Waals surface area contributed by atoms with Gasteiger partial charge in [0.15, 0.2) is 0 Å². The second-order valence-electron chi connectivity index (χ2n) is 3.86. The number of hydrogen-bond acceptors (Lipinski definition) is 1. The summed E-state index contributed by atoms with van der Waals surface area (Å²) in [5.74, 6) is 1.24. The molecule has 1 aromatic carbocycles. The molecule has 0 aliphatic rings. The average molecular weight is 219 g/mol. The van der Waals surface area contributed by atoms with E-state index in [9.17, 15) is 0 Å². The van der Waals surface area contributed by atoms with E-state index in [-0.39, 0.29) is 0 Å². The molecule has 2 rings (SSSR count). The van der Waals surface area contributed by atoms with Crippen LogP contribution in [0, 0.1) is 6.92 Å². The van der Waals surface area contributed by atoms with Crippen molar-refractivity contribution in [1.82, 2.24) is 4.57 Å². The molecule has 0 aliphatic carbocycles. The molecule has 0 atom stereocenters. The molecule has 1 aromatic heterocycles. The summed E-state index contributed by atoms with van der Waals surface area (Å²) in [6, 6.07) is 8.75. The van der Waals surface area contributed by atoms with Gasteiger partial charge in [-0.1, -0.05) is 12.1 Å². The lowest BCUT2D eigenvalue weighted by molar-refractivity contribution is 0.709. The van der Waals surface area contributed by atoms with Gasteiger partial charge < -0.3 is 4.57 Å². The minimum absolute atomic E-state index is 1.13. The number of hydrogen-bond donors (Lipinski definition) is 0. The number of rotatable bonds is 4. The number of aromatic nitrogens is 1. The summed E-state index contributed by atoms with van der Waals surface area (Å²) >= 11 is 1.92. The van der Waals surface area contributed by atoms with Gasteiger partial charge in [-0.3, -0.25) is 0 Å². The van der Waals surface area contributed by atoms with Crippen LogP contribution in [0.1, 0.15) is 12.0 Å². The van der Waals surface area contributed by atoms with Gasteiger partial charge in [0.2, 0.25) is 0 Å². The molecule has 2 heteroatoms. The van der Waals surface area contributed by atoms with Crippen molar-refractivity contribution in [2.24, 2.45) is 0 Å². The van der Waals surface area contributed by atoms with Crippen LogP contribution < -0.4 is 0 Å². The maximum atomic E-state index is 2.36. The van der Waals surface area contributed by atoms with Gasteiger partial charge in [-0.25, -0.2) is 0 Å². The molecule has 0 unspecified atom stereocenters. The van der Waals surface area contributed by atoms with Crippen LogP contribution in [-0.4, -0.2) is 16.6 Å². The Morgan fingerprint density at radius 1 is 1.27 bits per heavy atom. The van der Waals surface area contributed by atoms with Crippen molar-refractivity contribution >= 4 is 22.7 Å². The van der Waals surface area contributed by atoms with Crippen LogP contribution in [-0.2, 0) is 6.54 Å². The van der Waals surface area contributed by atoms with Gasteiger partial charge in [-0.05, 0) is 43.0 Å². The highest BCUT2D eigenvalue weighted by Crippen LogP contribution is 2.19. The van der Waals surface area contributed by atoms with E-state index < -0.39 is 0 Å². The third-order valence-corrected chi connectivity index (χ3v) is 3.48. The molecule has 2 aromatic rings. The Balaban J connectivity index is 2.25. The normalized spacial score (nSPS) is 11.1. The summed E-state index contributed by atoms with van der Waals surface area (Å²) in [7, 11) is 0. The Kier molecular flexibility index (Phi) is 3.37. The molecule has 0 bridgehead atoms. The predicted octanol–water partition coefficient (Wildman–Crippen LogP) is 3.70. The van der Waals surface area contributed by atoms with E-state index in [1.165, 1.54) is 28.6 Å². The van der Waals surface area contributed by atoms with Crippen LogP contribution in [0.2, 0.25) is 0 Å². The summed E-state index contributed by atoms with van der Waals surface area (Å²) in [4.78, 5) is 0. The van der Waals surface area contributed by atoms with E-state index >= 15 is 0 Å². The highest BCUT2D eigenvalue weighted by molar-refractivity contribution is 7.98. The lowest BCUT2D eigenvalue weighted by Crippen LogP contribution is -1.96. The Morgan fingerprint density at radius 2 is 2.13 bits per heavy atom. The van der Waals surface area contributed by atoms with Gasteiger partial charge in [-0.15, -0.1) is 0 Å². The van der Waals surface area contributed by atoms with Gasteiger partial charge in [0, 0.05) is 23.6 Å². The molecule has 1 nitrogen and oxygen atoms in total. The van der Waals surface area contributed by atoms with Crippen molar-refractivity contribution in [1.29, 1.82) is 0 Å². The first kappa shape index (κ1) is 10.6. The number of nitrogens with zero attached hydrogens (tertiary/aromatic N) is 1. The van der Waals surface area contributed by atoms with E-state index in [2.05, 4.69) is 48.2 Å². The summed E-state index contributed by atoms with van der Waals surface area (Å²) in [6.07, 6.45) is 5.62. The van der Waals surface area contributed by atoms with Crippen LogP contribution in [0.4, 0.5) is 0 Å². The molecule has 0 radical (unpaired) electrons. The van der Waals surface area contributed by atoms with E-state index in [1.54, 1.807) is 0 Å². The number of thioether (sulfide) groups is 1. The van der Waals surface area contributed by atoms with Crippen molar-refractivity contribution in [2.45, 2.75) is 19.9 Å². The van der Waals surface area contributed by atoms with Crippen LogP contribution in [0.3, 0.4) is 0 Å². The average Bonchev–Trinajstić information content (AvgIpc) is 2.64. The van der Waals surface area contributed by atoms with Gasteiger partial charge in [0.05, 0.1) is 0 Å². The minimum Gasteiger partial charge on any atom is -0.347 e. The standard InChI is InChI=1S/C13H17NS/c1-11-5-3-6-13-12(11)7-9-14(13)8-4-10-15-2/h3,5-7,9H,4,8,10H2,1-2H3. The van der Waals surface area contributed by atoms with Crippen molar-refractivity contribution in [3.8, 4) is 0 Å². The van der Waals surface area contributed by atoms with Gasteiger partial charge in [0.1, 0.15) is 0 Å². The number of aryl methyl sites for hydroxylation is 2. The van der Waals surface area contributed by atoms with Crippen LogP contribution in [0.15, 0.2) is 30.5 Å². The molecule has 0 saturated heterocycles. The Labute approximate surface area is 95.5 Å². The first-order valence-electron chi connectivity index (χ1n) is 5.36. The molecular weight excluding hydrogens is 202 g/mol. The monoisotopic (exact) mass is 219 g/mol. The highest BCUT2D eigenvalue weighted by atomic mass is 32.2. The lowest BCUT2D eigenvalue weighted by atomic mass is 10.1. The largest absolute Gasteiger partial charge is 0.347 e. The second kappa shape index (κ2) is 4.75. The molecule has 0 saturated carbocycles. The molecule has 0 N–H and O–H groups in total. The second-order valence-corrected chi connectivity index (χ2v) is 4.85. The highest BCUT2D eigenvalue weighted by Gasteiger charge is 2.01. The zero-order valence-corrected chi connectivity index (χ0v) is 10.2. The fourth-order valence-electron chi connectivity index (χ4n) is 1.95. The van der Waals surface area contributed by atoms with Crippen molar-refractivity contribution in [3.63, 3.8) is 0 Å². The van der Waals surface area contributed by atoms with E-state index in [0.29, 0.717) is 0 Å². The Bertz CT molecular complexity index is 445. The molecule has 0 amide bonds. The first-order chi connectivity index (χ1) is 7.33. The van der Waals surface area contributed by atoms with Gasteiger partial charge >= 0.3 is 0 Å². The smallest absolute Gasteiger partial charge is 0.0482 e. The van der Waals surface area contributed by atoms with E-state index in [0.717, 1.165) is 6.54 Å². The molecule has 15 heavy (non-hydrogen) atoms. The molecule has 1 heterocycles. The van der Waals surface area contributed by atoms with Crippen LogP contribution in [0.25, 0.3) is 10.9 Å².